The van der Waals surface area contributed by atoms with Crippen molar-refractivity contribution < 1.29 is 9.16 Å². The molecule has 1 unspecified atom stereocenters. The van der Waals surface area contributed by atoms with Gasteiger partial charge in [-0.25, -0.2) is 0 Å². The predicted molar refractivity (Wildman–Crippen MR) is 67.9 cm³/mol. The Morgan fingerprint density at radius 3 is 2.65 bits per heavy atom. The molecule has 1 aliphatic heterocycles. The van der Waals surface area contributed by atoms with Crippen molar-refractivity contribution >= 4 is 8.32 Å². The van der Waals surface area contributed by atoms with Crippen LogP contribution in [-0.2, 0) is 10.0 Å². The minimum Gasteiger partial charge on any atom is -0.465 e. The van der Waals surface area contributed by atoms with Crippen LogP contribution in [0.1, 0.15) is 5.56 Å². The van der Waals surface area contributed by atoms with E-state index in [-0.39, 0.29) is 0 Å². The molecule has 0 saturated carbocycles. The van der Waals surface area contributed by atoms with Crippen molar-refractivity contribution in [1.29, 1.82) is 5.26 Å². The summed E-state index contributed by atoms with van der Waals surface area (Å²) in [5, 5.41) is 9.49. The minimum absolute atomic E-state index is 0.690. The van der Waals surface area contributed by atoms with E-state index in [1.54, 1.807) is 6.08 Å². The summed E-state index contributed by atoms with van der Waals surface area (Å²) in [6.45, 7) is 6.20. The lowest BCUT2D eigenvalue weighted by Crippen LogP contribution is -2.39. The smallest absolute Gasteiger partial charge is 0.196 e. The fraction of sp³-hybridized carbons (Fsp3) is 0.308. The van der Waals surface area contributed by atoms with Crippen molar-refractivity contribution in [2.24, 2.45) is 0 Å². The lowest BCUT2D eigenvalue weighted by atomic mass is 9.93. The van der Waals surface area contributed by atoms with Crippen LogP contribution in [0.4, 0.5) is 0 Å². The largest absolute Gasteiger partial charge is 0.465 e. The van der Waals surface area contributed by atoms with Crippen LogP contribution >= 0.6 is 0 Å². The summed E-state index contributed by atoms with van der Waals surface area (Å²) in [6, 6.07) is 9.77. The zero-order valence-corrected chi connectivity index (χ0v) is 11.2. The summed E-state index contributed by atoms with van der Waals surface area (Å²) in [5.74, 6) is 0.690. The number of rotatable bonds is 2. The first-order chi connectivity index (χ1) is 7.97. The van der Waals surface area contributed by atoms with Gasteiger partial charge < -0.3 is 9.16 Å². The molecule has 0 saturated heterocycles. The number of hydrogen-bond donors (Lipinski definition) is 0. The summed E-state index contributed by atoms with van der Waals surface area (Å²) in [4.78, 5) is 0. The second kappa shape index (κ2) is 4.02. The summed E-state index contributed by atoms with van der Waals surface area (Å²) >= 11 is 0. The lowest BCUT2D eigenvalue weighted by molar-refractivity contribution is 0.159. The van der Waals surface area contributed by atoms with Gasteiger partial charge in [0.05, 0.1) is 6.26 Å². The molecule has 88 valence electrons. The molecule has 0 spiro atoms. The van der Waals surface area contributed by atoms with Crippen LogP contribution in [0.3, 0.4) is 0 Å². The number of nitrogens with zero attached hydrogens (tertiary/aromatic N) is 1. The molecule has 2 rings (SSSR count). The van der Waals surface area contributed by atoms with Crippen LogP contribution < -0.4 is 4.74 Å². The highest BCUT2D eigenvalue weighted by Crippen LogP contribution is 2.39. The van der Waals surface area contributed by atoms with E-state index in [1.807, 2.05) is 24.3 Å². The molecule has 0 radical (unpaired) electrons. The average molecular weight is 245 g/mol. The Bertz CT molecular complexity index is 499. The van der Waals surface area contributed by atoms with Gasteiger partial charge in [0, 0.05) is 11.6 Å². The van der Waals surface area contributed by atoms with Gasteiger partial charge in [0.25, 0.3) is 0 Å². The lowest BCUT2D eigenvalue weighted by Gasteiger charge is -2.34. The fourth-order valence-electron chi connectivity index (χ4n) is 1.86. The fourth-order valence-corrected chi connectivity index (χ4v) is 3.05. The van der Waals surface area contributed by atoms with Crippen molar-refractivity contribution in [3.63, 3.8) is 0 Å². The molecule has 1 aliphatic rings. The Balaban J connectivity index is 2.52. The maximum Gasteiger partial charge on any atom is 0.196 e. The van der Waals surface area contributed by atoms with Gasteiger partial charge in [-0.1, -0.05) is 18.2 Å². The first-order valence-electron chi connectivity index (χ1n) is 5.52. The SMILES string of the molecule is C[Si](C)(C)OC1(C#N)C=COc2ccccc21. The highest BCUT2D eigenvalue weighted by molar-refractivity contribution is 6.69. The zero-order valence-electron chi connectivity index (χ0n) is 10.2. The molecular formula is C13H15NO2Si. The van der Waals surface area contributed by atoms with Crippen LogP contribution in [0.15, 0.2) is 36.6 Å². The standard InChI is InChI=1S/C13H15NO2Si/c1-17(2,3)16-13(10-14)8-9-15-12-7-5-4-6-11(12)13/h4-9H,1-3H3. The molecule has 1 aromatic rings. The second-order valence-corrected chi connectivity index (χ2v) is 9.41. The summed E-state index contributed by atoms with van der Waals surface area (Å²) < 4.78 is 11.5. The van der Waals surface area contributed by atoms with Crippen LogP contribution in [0, 0.1) is 11.3 Å². The molecule has 3 nitrogen and oxygen atoms in total. The molecule has 4 heteroatoms. The normalized spacial score (nSPS) is 22.5. The van der Waals surface area contributed by atoms with E-state index in [2.05, 4.69) is 25.7 Å². The van der Waals surface area contributed by atoms with Crippen molar-refractivity contribution in [2.75, 3.05) is 0 Å². The second-order valence-electron chi connectivity index (χ2n) is 4.98. The summed E-state index contributed by atoms with van der Waals surface area (Å²) in [7, 11) is -1.84. The maximum atomic E-state index is 9.49. The summed E-state index contributed by atoms with van der Waals surface area (Å²) in [5.41, 5.74) is -0.216. The van der Waals surface area contributed by atoms with Crippen LogP contribution in [-0.4, -0.2) is 8.32 Å². The molecule has 0 fully saturated rings. The maximum absolute atomic E-state index is 9.49. The van der Waals surface area contributed by atoms with E-state index in [4.69, 9.17) is 9.16 Å². The van der Waals surface area contributed by atoms with E-state index < -0.39 is 13.9 Å². The van der Waals surface area contributed by atoms with Gasteiger partial charge in [0.1, 0.15) is 11.8 Å². The highest BCUT2D eigenvalue weighted by atomic mass is 28.4. The molecule has 1 aromatic carbocycles. The topological polar surface area (TPSA) is 42.2 Å². The molecule has 17 heavy (non-hydrogen) atoms. The van der Waals surface area contributed by atoms with Gasteiger partial charge in [-0.3, -0.25) is 0 Å². The third-order valence-electron chi connectivity index (χ3n) is 2.42. The van der Waals surface area contributed by atoms with Gasteiger partial charge in [-0.2, -0.15) is 5.26 Å². The van der Waals surface area contributed by atoms with Gasteiger partial charge in [0.15, 0.2) is 13.9 Å². The van der Waals surface area contributed by atoms with E-state index >= 15 is 0 Å². The molecule has 1 heterocycles. The quantitative estimate of drug-likeness (QED) is 0.752. The van der Waals surface area contributed by atoms with Gasteiger partial charge in [-0.15, -0.1) is 0 Å². The molecule has 0 N–H and O–H groups in total. The van der Waals surface area contributed by atoms with E-state index in [1.165, 1.54) is 6.26 Å². The van der Waals surface area contributed by atoms with Crippen molar-refractivity contribution in [3.8, 4) is 11.8 Å². The predicted octanol–water partition coefficient (Wildman–Crippen LogP) is 3.16. The van der Waals surface area contributed by atoms with E-state index in [0.29, 0.717) is 5.75 Å². The first-order valence-corrected chi connectivity index (χ1v) is 8.93. The number of fused-ring (bicyclic) bond motifs is 1. The molecule has 0 amide bonds. The summed E-state index contributed by atoms with van der Waals surface area (Å²) in [6.07, 6.45) is 3.22. The third-order valence-corrected chi connectivity index (χ3v) is 3.35. The number of ether oxygens (including phenoxy) is 1. The van der Waals surface area contributed by atoms with Crippen molar-refractivity contribution in [1.82, 2.24) is 0 Å². The Morgan fingerprint density at radius 1 is 1.29 bits per heavy atom. The van der Waals surface area contributed by atoms with Gasteiger partial charge in [0.2, 0.25) is 0 Å². The van der Waals surface area contributed by atoms with Crippen molar-refractivity contribution in [2.45, 2.75) is 25.2 Å². The molecule has 0 aromatic heterocycles. The first kappa shape index (κ1) is 11.9. The molecule has 0 aliphatic carbocycles. The number of hydrogen-bond acceptors (Lipinski definition) is 3. The van der Waals surface area contributed by atoms with Crippen molar-refractivity contribution in [3.05, 3.63) is 42.2 Å². The Kier molecular flexibility index (Phi) is 2.82. The Labute approximate surface area is 102 Å². The number of nitriles is 1. The number of benzene rings is 1. The monoisotopic (exact) mass is 245 g/mol. The van der Waals surface area contributed by atoms with Crippen LogP contribution in [0.25, 0.3) is 0 Å². The van der Waals surface area contributed by atoms with E-state index in [0.717, 1.165) is 5.56 Å². The highest BCUT2D eigenvalue weighted by Gasteiger charge is 2.39. The minimum atomic E-state index is -1.84. The Hall–Kier alpha value is -1.57. The molecule has 1 atom stereocenters. The van der Waals surface area contributed by atoms with Crippen LogP contribution in [0.2, 0.25) is 19.6 Å². The molecule has 0 bridgehead atoms. The average Bonchev–Trinajstić information content (AvgIpc) is 2.27. The number of para-hydroxylation sites is 1. The van der Waals surface area contributed by atoms with E-state index in [9.17, 15) is 5.26 Å². The van der Waals surface area contributed by atoms with Crippen LogP contribution in [0.5, 0.6) is 5.75 Å². The molecular weight excluding hydrogens is 230 g/mol. The van der Waals surface area contributed by atoms with Gasteiger partial charge >= 0.3 is 0 Å². The zero-order chi connectivity index (χ0) is 12.5. The Morgan fingerprint density at radius 2 is 2.00 bits per heavy atom. The van der Waals surface area contributed by atoms with Gasteiger partial charge in [-0.05, 0) is 25.7 Å². The third kappa shape index (κ3) is 2.26.